The van der Waals surface area contributed by atoms with Gasteiger partial charge in [-0.1, -0.05) is 35.2 Å². The Morgan fingerprint density at radius 1 is 1.20 bits per heavy atom. The predicted molar refractivity (Wildman–Crippen MR) is 83.1 cm³/mol. The molecule has 1 aliphatic carbocycles. The molecule has 1 aromatic carbocycles. The number of nitrogens with one attached hydrogen (secondary N) is 1. The zero-order valence-corrected chi connectivity index (χ0v) is 13.5. The van der Waals surface area contributed by atoms with Crippen LogP contribution >= 0.6 is 15.9 Å². The number of ether oxygens (including phenoxy) is 2. The molecule has 1 heterocycles. The normalized spacial score (nSPS) is 20.1. The van der Waals surface area contributed by atoms with Crippen LogP contribution in [0.2, 0.25) is 0 Å². The number of rotatable bonds is 4. The molecular formula is C16H22BrNO2. The first-order valence-corrected chi connectivity index (χ1v) is 8.35. The van der Waals surface area contributed by atoms with Gasteiger partial charge >= 0.3 is 0 Å². The molecule has 1 fully saturated rings. The topological polar surface area (TPSA) is 30.5 Å². The van der Waals surface area contributed by atoms with Crippen LogP contribution in [0.1, 0.15) is 44.6 Å². The zero-order valence-electron chi connectivity index (χ0n) is 12.0. The minimum atomic E-state index is 0.330. The number of benzene rings is 1. The van der Waals surface area contributed by atoms with Gasteiger partial charge in [-0.15, -0.1) is 0 Å². The van der Waals surface area contributed by atoms with Gasteiger partial charge in [-0.05, 0) is 43.4 Å². The highest BCUT2D eigenvalue weighted by molar-refractivity contribution is 9.10. The number of hydrogen-bond acceptors (Lipinski definition) is 3. The maximum atomic E-state index is 5.45. The first kappa shape index (κ1) is 14.2. The Morgan fingerprint density at radius 2 is 1.90 bits per heavy atom. The van der Waals surface area contributed by atoms with Gasteiger partial charge in [0.1, 0.15) is 0 Å². The van der Waals surface area contributed by atoms with Gasteiger partial charge < -0.3 is 14.8 Å². The quantitative estimate of drug-likeness (QED) is 0.889. The number of halogens is 1. The van der Waals surface area contributed by atoms with Crippen molar-refractivity contribution in [2.75, 3.05) is 6.79 Å². The van der Waals surface area contributed by atoms with Gasteiger partial charge in [-0.2, -0.15) is 0 Å². The van der Waals surface area contributed by atoms with E-state index in [0.717, 1.165) is 28.4 Å². The molecule has 0 amide bonds. The van der Waals surface area contributed by atoms with E-state index < -0.39 is 0 Å². The Hall–Kier alpha value is -0.740. The second-order valence-corrected chi connectivity index (χ2v) is 6.72. The van der Waals surface area contributed by atoms with Crippen LogP contribution in [0.25, 0.3) is 0 Å². The summed E-state index contributed by atoms with van der Waals surface area (Å²) in [5.41, 5.74) is 1.23. The van der Waals surface area contributed by atoms with Gasteiger partial charge in [0.05, 0.1) is 0 Å². The van der Waals surface area contributed by atoms with Gasteiger partial charge in [0.15, 0.2) is 11.5 Å². The Balaban J connectivity index is 1.60. The lowest BCUT2D eigenvalue weighted by Gasteiger charge is -2.28. The molecule has 110 valence electrons. The molecule has 0 aromatic heterocycles. The summed E-state index contributed by atoms with van der Waals surface area (Å²) in [7, 11) is 0. The van der Waals surface area contributed by atoms with Crippen LogP contribution in [0, 0.1) is 5.92 Å². The van der Waals surface area contributed by atoms with Crippen molar-refractivity contribution in [1.82, 2.24) is 5.32 Å². The number of hydrogen-bond donors (Lipinski definition) is 1. The maximum Gasteiger partial charge on any atom is 0.231 e. The molecule has 1 N–H and O–H groups in total. The molecule has 0 unspecified atom stereocenters. The van der Waals surface area contributed by atoms with Crippen LogP contribution in [0.4, 0.5) is 0 Å². The molecular weight excluding hydrogens is 318 g/mol. The van der Waals surface area contributed by atoms with Crippen LogP contribution < -0.4 is 14.8 Å². The molecule has 0 saturated heterocycles. The van der Waals surface area contributed by atoms with E-state index in [1.54, 1.807) is 0 Å². The summed E-state index contributed by atoms with van der Waals surface area (Å²) < 4.78 is 11.9. The van der Waals surface area contributed by atoms with Gasteiger partial charge in [0, 0.05) is 17.1 Å². The molecule has 1 atom stereocenters. The molecule has 2 aliphatic rings. The van der Waals surface area contributed by atoms with E-state index in [0.29, 0.717) is 12.8 Å². The van der Waals surface area contributed by atoms with E-state index in [1.807, 2.05) is 6.07 Å². The van der Waals surface area contributed by atoms with Crippen molar-refractivity contribution >= 4 is 15.9 Å². The van der Waals surface area contributed by atoms with Gasteiger partial charge in [0.25, 0.3) is 0 Å². The first-order chi connectivity index (χ1) is 9.74. The zero-order chi connectivity index (χ0) is 13.9. The van der Waals surface area contributed by atoms with Crippen molar-refractivity contribution in [3.63, 3.8) is 0 Å². The lowest BCUT2D eigenvalue weighted by atomic mass is 9.84. The van der Waals surface area contributed by atoms with Crippen molar-refractivity contribution in [2.45, 2.75) is 51.6 Å². The first-order valence-electron chi connectivity index (χ1n) is 7.55. The van der Waals surface area contributed by atoms with E-state index >= 15 is 0 Å². The lowest BCUT2D eigenvalue weighted by molar-refractivity contribution is 0.174. The molecule has 4 heteroatoms. The molecule has 3 rings (SSSR count). The third-order valence-corrected chi connectivity index (χ3v) is 5.25. The Kier molecular flexibility index (Phi) is 4.51. The molecule has 20 heavy (non-hydrogen) atoms. The maximum absolute atomic E-state index is 5.45. The second kappa shape index (κ2) is 6.35. The van der Waals surface area contributed by atoms with E-state index in [1.165, 1.54) is 37.7 Å². The molecule has 3 nitrogen and oxygen atoms in total. The van der Waals surface area contributed by atoms with Crippen LogP contribution in [-0.2, 0) is 6.54 Å². The SMILES string of the molecule is C[C@@H](NCc1cc2c(cc1Br)OCO2)C1CCCCC1. The van der Waals surface area contributed by atoms with Crippen molar-refractivity contribution < 1.29 is 9.47 Å². The van der Waals surface area contributed by atoms with Gasteiger partial charge in [-0.25, -0.2) is 0 Å². The van der Waals surface area contributed by atoms with Crippen LogP contribution in [0.3, 0.4) is 0 Å². The minimum absolute atomic E-state index is 0.330. The highest BCUT2D eigenvalue weighted by Gasteiger charge is 2.21. The molecule has 0 spiro atoms. The summed E-state index contributed by atoms with van der Waals surface area (Å²) in [6.45, 7) is 3.52. The van der Waals surface area contributed by atoms with Gasteiger partial charge in [-0.3, -0.25) is 0 Å². The standard InChI is InChI=1S/C16H22BrNO2/c1-11(12-5-3-2-4-6-12)18-9-13-7-15-16(8-14(13)17)20-10-19-15/h7-8,11-12,18H,2-6,9-10H2,1H3/t11-/m1/s1. The smallest absolute Gasteiger partial charge is 0.231 e. The summed E-state index contributed by atoms with van der Waals surface area (Å²) in [6, 6.07) is 4.66. The van der Waals surface area contributed by atoms with Crippen LogP contribution in [0.15, 0.2) is 16.6 Å². The number of fused-ring (bicyclic) bond motifs is 1. The van der Waals surface area contributed by atoms with Crippen molar-refractivity contribution in [3.05, 3.63) is 22.2 Å². The summed E-state index contributed by atoms with van der Waals surface area (Å²) in [4.78, 5) is 0. The fourth-order valence-corrected chi connectivity index (χ4v) is 3.63. The monoisotopic (exact) mass is 339 g/mol. The third kappa shape index (κ3) is 3.12. The fourth-order valence-electron chi connectivity index (χ4n) is 3.17. The highest BCUT2D eigenvalue weighted by Crippen LogP contribution is 2.37. The highest BCUT2D eigenvalue weighted by atomic mass is 79.9. The summed E-state index contributed by atoms with van der Waals surface area (Å²) in [5.74, 6) is 2.52. The molecule has 0 bridgehead atoms. The lowest BCUT2D eigenvalue weighted by Crippen LogP contribution is -2.34. The fraction of sp³-hybridized carbons (Fsp3) is 0.625. The Morgan fingerprint density at radius 3 is 2.65 bits per heavy atom. The third-order valence-electron chi connectivity index (χ3n) is 4.51. The Labute approximate surface area is 129 Å². The van der Waals surface area contributed by atoms with Gasteiger partial charge in [0.2, 0.25) is 6.79 Å². The van der Waals surface area contributed by atoms with Crippen molar-refractivity contribution in [1.29, 1.82) is 0 Å². The van der Waals surface area contributed by atoms with E-state index in [4.69, 9.17) is 9.47 Å². The average molecular weight is 340 g/mol. The molecule has 1 saturated carbocycles. The van der Waals surface area contributed by atoms with Crippen LogP contribution in [-0.4, -0.2) is 12.8 Å². The summed E-state index contributed by atoms with van der Waals surface area (Å²) in [5, 5.41) is 3.67. The van der Waals surface area contributed by atoms with Crippen LogP contribution in [0.5, 0.6) is 11.5 Å². The summed E-state index contributed by atoms with van der Waals surface area (Å²) in [6.07, 6.45) is 6.94. The largest absolute Gasteiger partial charge is 0.454 e. The summed E-state index contributed by atoms with van der Waals surface area (Å²) >= 11 is 3.62. The minimum Gasteiger partial charge on any atom is -0.454 e. The predicted octanol–water partition coefficient (Wildman–Crippen LogP) is 4.24. The van der Waals surface area contributed by atoms with Crippen molar-refractivity contribution in [2.24, 2.45) is 5.92 Å². The van der Waals surface area contributed by atoms with Crippen molar-refractivity contribution in [3.8, 4) is 11.5 Å². The van der Waals surface area contributed by atoms with E-state index in [2.05, 4.69) is 34.2 Å². The van der Waals surface area contributed by atoms with E-state index in [-0.39, 0.29) is 0 Å². The van der Waals surface area contributed by atoms with E-state index in [9.17, 15) is 0 Å². The average Bonchev–Trinajstić information content (AvgIpc) is 2.92. The molecule has 0 radical (unpaired) electrons. The molecule has 1 aromatic rings. The molecule has 1 aliphatic heterocycles. The Bertz CT molecular complexity index is 472. The second-order valence-electron chi connectivity index (χ2n) is 5.86.